The van der Waals surface area contributed by atoms with E-state index in [-0.39, 0.29) is 0 Å². The third kappa shape index (κ3) is 10.1. The highest BCUT2D eigenvalue weighted by Crippen LogP contribution is 2.49. The first kappa shape index (κ1) is 62.4. The van der Waals surface area contributed by atoms with Crippen LogP contribution >= 0.6 is 0 Å². The van der Waals surface area contributed by atoms with Crippen molar-refractivity contribution in [2.75, 3.05) is 28.8 Å². The lowest BCUT2D eigenvalue weighted by Gasteiger charge is -2.26. The molecular weight excluding hydrogens is 1310 g/mol. The third-order valence-corrected chi connectivity index (χ3v) is 22.6. The first-order chi connectivity index (χ1) is 53.4. The first-order valence-electron chi connectivity index (χ1n) is 37.2. The van der Waals surface area contributed by atoms with Crippen molar-refractivity contribution in [1.82, 2.24) is 18.3 Å². The molecule has 0 aliphatic rings. The Hall–Kier alpha value is -14.1. The molecule has 0 saturated heterocycles. The minimum Gasteiger partial charge on any atom is -0.345 e. The Balaban J connectivity index is 0.656. The molecule has 0 aliphatic carbocycles. The number of anilines is 6. The lowest BCUT2D eigenvalue weighted by atomic mass is 9.95. The molecule has 0 radical (unpaired) electrons. The molecule has 4 aromatic heterocycles. The van der Waals surface area contributed by atoms with E-state index in [0.29, 0.717) is 6.54 Å². The lowest BCUT2D eigenvalue weighted by molar-refractivity contribution is 0.976. The molecule has 0 bridgehead atoms. The largest absolute Gasteiger partial charge is 0.345 e. The van der Waals surface area contributed by atoms with Gasteiger partial charge in [-0.2, -0.15) is 0 Å². The van der Waals surface area contributed by atoms with Gasteiger partial charge in [0, 0.05) is 131 Å². The van der Waals surface area contributed by atoms with E-state index in [2.05, 4.69) is 429 Å². The molecule has 17 aromatic carbocycles. The molecule has 510 valence electrons. The maximum Gasteiger partial charge on any atom is 0.0619 e. The zero-order valence-corrected chi connectivity index (χ0v) is 59.7. The average Bonchev–Trinajstić information content (AvgIpc) is 1.55. The summed E-state index contributed by atoms with van der Waals surface area (Å²) in [5.74, 6) is 0. The quantitative estimate of drug-likeness (QED) is 0.109. The fraction of sp³-hybridized carbons (Fsp3) is 0.0297. The van der Waals surface area contributed by atoms with E-state index in [1.165, 1.54) is 103 Å². The van der Waals surface area contributed by atoms with E-state index >= 15 is 0 Å². The highest BCUT2D eigenvalue weighted by Gasteiger charge is 2.26. The van der Waals surface area contributed by atoms with E-state index in [0.717, 1.165) is 90.1 Å². The topological polar surface area (TPSA) is 29.4 Å². The van der Waals surface area contributed by atoms with Crippen molar-refractivity contribution in [3.8, 4) is 45.0 Å². The number of para-hydroxylation sites is 6. The zero-order chi connectivity index (χ0) is 71.5. The minimum atomic E-state index is 0.664. The van der Waals surface area contributed by atoms with Gasteiger partial charge in [0.05, 0.1) is 49.8 Å². The number of fused-ring (bicyclic) bond motifs is 16. The fourth-order valence-corrected chi connectivity index (χ4v) is 17.4. The van der Waals surface area contributed by atoms with Crippen LogP contribution in [-0.2, 0) is 6.54 Å². The second-order valence-corrected chi connectivity index (χ2v) is 28.5. The van der Waals surface area contributed by atoms with Gasteiger partial charge in [-0.05, 0) is 185 Å². The summed E-state index contributed by atoms with van der Waals surface area (Å²) in [6.07, 6.45) is 0. The Morgan fingerprint density at radius 2 is 0.667 bits per heavy atom. The van der Waals surface area contributed by atoms with Crippen LogP contribution in [0.5, 0.6) is 0 Å². The van der Waals surface area contributed by atoms with Crippen LogP contribution in [0.1, 0.15) is 5.56 Å². The van der Waals surface area contributed by atoms with Crippen molar-refractivity contribution in [3.63, 3.8) is 0 Å². The van der Waals surface area contributed by atoms with Gasteiger partial charge in [0.15, 0.2) is 0 Å². The van der Waals surface area contributed by atoms with Gasteiger partial charge in [0.25, 0.3) is 0 Å². The van der Waals surface area contributed by atoms with Gasteiger partial charge in [0.1, 0.15) is 0 Å². The number of benzene rings is 17. The Kier molecular flexibility index (Phi) is 14.6. The zero-order valence-electron chi connectivity index (χ0n) is 59.7. The summed E-state index contributed by atoms with van der Waals surface area (Å²) in [6, 6.07) is 141. The van der Waals surface area contributed by atoms with Crippen LogP contribution in [0.25, 0.3) is 154 Å². The summed E-state index contributed by atoms with van der Waals surface area (Å²) in [5.41, 5.74) is 26.4. The third-order valence-electron chi connectivity index (χ3n) is 22.6. The van der Waals surface area contributed by atoms with Crippen LogP contribution in [0.2, 0.25) is 0 Å². The monoisotopic (exact) mass is 1380 g/mol. The van der Waals surface area contributed by atoms with Crippen LogP contribution in [0.3, 0.4) is 0 Å². The second-order valence-electron chi connectivity index (χ2n) is 28.5. The van der Waals surface area contributed by atoms with Gasteiger partial charge < -0.3 is 33.0 Å². The van der Waals surface area contributed by atoms with Gasteiger partial charge in [-0.3, -0.25) is 0 Å². The van der Waals surface area contributed by atoms with Crippen LogP contribution in [-0.4, -0.2) is 32.4 Å². The molecule has 21 rings (SSSR count). The molecule has 7 nitrogen and oxygen atoms in total. The summed E-state index contributed by atoms with van der Waals surface area (Å²) >= 11 is 0. The second kappa shape index (κ2) is 25.3. The number of hydrogen-bond acceptors (Lipinski definition) is 3. The van der Waals surface area contributed by atoms with Crippen LogP contribution in [0, 0.1) is 0 Å². The standard InChI is InChI=1S/C101H71N7/c1-102(72-50-54-78(55-51-72)105-92-40-19-16-36-83(92)84-37-17-20-41-93(84)105)73-52-56-79(57-53-73)106-94-42-21-18-38-89(94)99-86(39-23-43-95(99)106)90-64-91-88-60-47-70-26-13-15-35-82(70)101(88)108(77-32-10-5-11-33-77)98(91)65-96(90)103(2)74-48-44-68(45-49-74)71-27-22-24-67(62-71)66-104(75-28-6-3-7-29-75)80-58-61-85-87-59-46-69-25-12-14-34-81(69)100(87)107(97(85)63-80)76-30-8-4-9-31-76/h3-65H,66H2,1-2H3. The Morgan fingerprint density at radius 3 is 1.27 bits per heavy atom. The Morgan fingerprint density at radius 1 is 0.231 bits per heavy atom. The van der Waals surface area contributed by atoms with Crippen molar-refractivity contribution in [3.05, 3.63) is 388 Å². The molecule has 0 unspecified atom stereocenters. The van der Waals surface area contributed by atoms with Crippen molar-refractivity contribution in [2.24, 2.45) is 0 Å². The number of rotatable bonds is 14. The molecule has 0 saturated carbocycles. The van der Waals surface area contributed by atoms with Gasteiger partial charge in [-0.15, -0.1) is 0 Å². The van der Waals surface area contributed by atoms with Crippen molar-refractivity contribution in [2.45, 2.75) is 6.54 Å². The molecule has 21 aromatic rings. The van der Waals surface area contributed by atoms with Gasteiger partial charge >= 0.3 is 0 Å². The molecule has 0 spiro atoms. The molecule has 0 amide bonds. The van der Waals surface area contributed by atoms with Gasteiger partial charge in [-0.1, -0.05) is 231 Å². The van der Waals surface area contributed by atoms with E-state index in [4.69, 9.17) is 0 Å². The van der Waals surface area contributed by atoms with Crippen LogP contribution < -0.4 is 14.7 Å². The molecule has 4 heterocycles. The van der Waals surface area contributed by atoms with Gasteiger partial charge in [0.2, 0.25) is 0 Å². The van der Waals surface area contributed by atoms with Crippen LogP contribution in [0.4, 0.5) is 34.1 Å². The number of nitrogens with zero attached hydrogens (tertiary/aromatic N) is 7. The summed E-state index contributed by atoms with van der Waals surface area (Å²) < 4.78 is 9.78. The molecule has 0 N–H and O–H groups in total. The maximum absolute atomic E-state index is 2.49. The summed E-state index contributed by atoms with van der Waals surface area (Å²) in [4.78, 5) is 7.14. The summed E-state index contributed by atoms with van der Waals surface area (Å²) in [5, 5.41) is 14.7. The Labute approximate surface area is 625 Å². The maximum atomic E-state index is 2.49. The normalized spacial score (nSPS) is 11.8. The smallest absolute Gasteiger partial charge is 0.0619 e. The minimum absolute atomic E-state index is 0.664. The van der Waals surface area contributed by atoms with E-state index in [1.54, 1.807) is 0 Å². The first-order valence-corrected chi connectivity index (χ1v) is 37.2. The lowest BCUT2D eigenvalue weighted by Crippen LogP contribution is -2.16. The predicted octanol–water partition coefficient (Wildman–Crippen LogP) is 26.6. The molecule has 7 heteroatoms. The number of hydrogen-bond donors (Lipinski definition) is 0. The van der Waals surface area contributed by atoms with Crippen LogP contribution in [0.15, 0.2) is 382 Å². The van der Waals surface area contributed by atoms with E-state index in [1.807, 2.05) is 0 Å². The molecule has 0 atom stereocenters. The highest BCUT2D eigenvalue weighted by atomic mass is 15.1. The van der Waals surface area contributed by atoms with Gasteiger partial charge in [-0.25, -0.2) is 0 Å². The molecular formula is C101H71N7. The molecule has 0 aliphatic heterocycles. The predicted molar refractivity (Wildman–Crippen MR) is 457 cm³/mol. The van der Waals surface area contributed by atoms with E-state index < -0.39 is 0 Å². The highest BCUT2D eigenvalue weighted by molar-refractivity contribution is 6.23. The SMILES string of the molecule is CN(c1ccc(-n2c3ccccc3c3ccccc32)cc1)c1ccc(-n2c3ccccc3c3c(-c4cc5c6ccc7ccccc7c6n(-c6ccccc6)c5cc4N(C)c4ccc(-c5cccc(CN(c6ccccc6)c6ccc7c8ccc9ccccc9c8n(-c8ccccc8)c7c6)c5)cc4)cccc32)cc1. The van der Waals surface area contributed by atoms with E-state index in [9.17, 15) is 0 Å². The van der Waals surface area contributed by atoms with Crippen molar-refractivity contribution in [1.29, 1.82) is 0 Å². The van der Waals surface area contributed by atoms with Crippen molar-refractivity contribution >= 4 is 143 Å². The average molecular weight is 1380 g/mol. The fourth-order valence-electron chi connectivity index (χ4n) is 17.4. The number of aromatic nitrogens is 4. The molecule has 108 heavy (non-hydrogen) atoms. The summed E-state index contributed by atoms with van der Waals surface area (Å²) in [7, 11) is 4.40. The molecule has 0 fully saturated rings. The van der Waals surface area contributed by atoms with Crippen molar-refractivity contribution < 1.29 is 0 Å². The Bertz CT molecular complexity index is 7030. The summed E-state index contributed by atoms with van der Waals surface area (Å²) in [6.45, 7) is 0.664.